The number of ketones is 1. The van der Waals surface area contributed by atoms with Crippen molar-refractivity contribution in [2.24, 2.45) is 23.0 Å². The Balaban J connectivity index is 0.00000217. The van der Waals surface area contributed by atoms with E-state index in [-0.39, 0.29) is 42.2 Å². The highest BCUT2D eigenvalue weighted by Crippen LogP contribution is 2.44. The fraction of sp³-hybridized carbons (Fsp3) is 0.741. The third kappa shape index (κ3) is 9.48. The summed E-state index contributed by atoms with van der Waals surface area (Å²) in [5.41, 5.74) is 7.16. The second kappa shape index (κ2) is 14.4. The number of aliphatic hydroxyl groups is 3. The number of carbonyl (C=O) groups excluding carboxylic acids is 3. The first-order valence-electron chi connectivity index (χ1n) is 12.7. The zero-order chi connectivity index (χ0) is 28.6. The number of ether oxygens (including phenoxy) is 1. The molecule has 210 valence electrons. The first-order chi connectivity index (χ1) is 17.1. The molecule has 1 aromatic rings. The van der Waals surface area contributed by atoms with Crippen LogP contribution in [0.25, 0.3) is 6.08 Å². The summed E-state index contributed by atoms with van der Waals surface area (Å²) in [4.78, 5) is 33.3. The number of hydrogen-bond donors (Lipinski definition) is 4. The van der Waals surface area contributed by atoms with E-state index in [1.54, 1.807) is 27.7 Å². The summed E-state index contributed by atoms with van der Waals surface area (Å²) in [6.07, 6.45) is 4.09. The van der Waals surface area contributed by atoms with E-state index in [2.05, 4.69) is 11.9 Å². The Hall–Kier alpha value is -1.78. The van der Waals surface area contributed by atoms with Gasteiger partial charge in [-0.25, -0.2) is 4.98 Å². The van der Waals surface area contributed by atoms with Crippen LogP contribution >= 0.6 is 11.3 Å². The van der Waals surface area contributed by atoms with E-state index in [0.29, 0.717) is 5.01 Å². The molecular weight excluding hydrogens is 496 g/mol. The van der Waals surface area contributed by atoms with Crippen LogP contribution < -0.4 is 5.73 Å². The molecule has 7 atom stereocenters. The molecule has 0 spiro atoms. The lowest BCUT2D eigenvalue weighted by Crippen LogP contribution is -2.43. The van der Waals surface area contributed by atoms with Gasteiger partial charge in [-0.1, -0.05) is 39.7 Å². The van der Waals surface area contributed by atoms with Crippen molar-refractivity contribution in [2.75, 3.05) is 0 Å². The van der Waals surface area contributed by atoms with Crippen LogP contribution in [0, 0.1) is 17.3 Å². The van der Waals surface area contributed by atoms with Crippen molar-refractivity contribution in [3.8, 4) is 0 Å². The second-order valence-electron chi connectivity index (χ2n) is 11.0. The van der Waals surface area contributed by atoms with Gasteiger partial charge in [0.05, 0.1) is 36.2 Å². The number of nitrogens with two attached hydrogens (primary N) is 1. The molecule has 1 fully saturated rings. The van der Waals surface area contributed by atoms with Crippen molar-refractivity contribution in [3.63, 3.8) is 0 Å². The van der Waals surface area contributed by atoms with Gasteiger partial charge in [-0.05, 0) is 52.0 Å². The molecule has 2 heterocycles. The Kier molecular flexibility index (Phi) is 12.9. The quantitative estimate of drug-likeness (QED) is 0.260. The third-order valence-electron chi connectivity index (χ3n) is 7.69. The smallest absolute Gasteiger partial charge is 0.373 e. The van der Waals surface area contributed by atoms with E-state index in [4.69, 9.17) is 25.2 Å². The average Bonchev–Trinajstić information content (AvgIpc) is 3.24. The normalized spacial score (nSPS) is 23.6. The molecule has 1 aromatic heterocycles. The van der Waals surface area contributed by atoms with Gasteiger partial charge in [0.15, 0.2) is 0 Å². The zero-order valence-electron chi connectivity index (χ0n) is 23.1. The number of nitrogens with zero attached hydrogens (tertiary/aromatic N) is 1. The number of thiazole rings is 1. The molecule has 0 saturated carbocycles. The SMILES string of the molecule is C/C(=C\c1csc(CO)n1)[C@@H](N)C[C@@H]1O[C@]1(C)CCC[C@H](C)[C@H](O)[C@@H](C)C(=O)C(C)(C)[C@H](C)O.O=C=O. The Morgan fingerprint density at radius 3 is 2.43 bits per heavy atom. The van der Waals surface area contributed by atoms with Gasteiger partial charge in [0, 0.05) is 22.8 Å². The van der Waals surface area contributed by atoms with Crippen molar-refractivity contribution in [3.05, 3.63) is 21.7 Å². The van der Waals surface area contributed by atoms with Gasteiger partial charge >= 0.3 is 6.15 Å². The molecule has 2 rings (SSSR count). The maximum absolute atomic E-state index is 12.8. The molecule has 0 aliphatic carbocycles. The number of aromatic nitrogens is 1. The van der Waals surface area contributed by atoms with Crippen LogP contribution in [-0.2, 0) is 25.7 Å². The molecule has 9 nitrogen and oxygen atoms in total. The van der Waals surface area contributed by atoms with Crippen LogP contribution in [-0.4, -0.2) is 62.2 Å². The van der Waals surface area contributed by atoms with Crippen LogP contribution in [0.5, 0.6) is 0 Å². The van der Waals surface area contributed by atoms with Gasteiger partial charge in [0.25, 0.3) is 0 Å². The Labute approximate surface area is 224 Å². The standard InChI is InChI=1S/C26H44N2O5S.CO2/c1-15(23(31)17(3)24(32)25(5,6)18(4)30)9-8-10-26(7)21(33-26)12-20(27)16(2)11-19-14-34-22(13-29)28-19;2-1-3/h11,14-15,17-18,20-21,23,29-31H,8-10,12-13,27H2,1-7H3;/b16-11+;/t15-,17+,18-,20-,21-,23-,26+;/m0./s1. The minimum atomic E-state index is -0.880. The average molecular weight is 541 g/mol. The number of aliphatic hydroxyl groups excluding tert-OH is 3. The molecule has 1 aliphatic rings. The third-order valence-corrected chi connectivity index (χ3v) is 8.54. The van der Waals surface area contributed by atoms with E-state index in [1.165, 1.54) is 11.3 Å². The fourth-order valence-corrected chi connectivity index (χ4v) is 5.03. The Morgan fingerprint density at radius 1 is 1.32 bits per heavy atom. The van der Waals surface area contributed by atoms with Crippen molar-refractivity contribution in [1.29, 1.82) is 0 Å². The Bertz CT molecular complexity index is 939. The predicted octanol–water partition coefficient (Wildman–Crippen LogP) is 3.11. The molecule has 0 amide bonds. The van der Waals surface area contributed by atoms with E-state index in [9.17, 15) is 15.0 Å². The molecule has 0 unspecified atom stereocenters. The van der Waals surface area contributed by atoms with E-state index < -0.39 is 23.5 Å². The highest BCUT2D eigenvalue weighted by molar-refractivity contribution is 7.09. The highest BCUT2D eigenvalue weighted by Gasteiger charge is 2.51. The van der Waals surface area contributed by atoms with Crippen molar-refractivity contribution < 1.29 is 34.4 Å². The number of carbonyl (C=O) groups is 1. The second-order valence-corrected chi connectivity index (χ2v) is 11.9. The van der Waals surface area contributed by atoms with Gasteiger partial charge in [-0.3, -0.25) is 4.79 Å². The lowest BCUT2D eigenvalue weighted by atomic mass is 9.74. The molecule has 0 aromatic carbocycles. The molecule has 0 bridgehead atoms. The van der Waals surface area contributed by atoms with Crippen LogP contribution in [0.1, 0.15) is 84.9 Å². The maximum Gasteiger partial charge on any atom is 0.373 e. The van der Waals surface area contributed by atoms with Crippen LogP contribution in [0.15, 0.2) is 11.0 Å². The summed E-state index contributed by atoms with van der Waals surface area (Å²) in [5.74, 6) is -0.667. The lowest BCUT2D eigenvalue weighted by molar-refractivity contribution is -0.191. The molecule has 37 heavy (non-hydrogen) atoms. The maximum atomic E-state index is 12.8. The van der Waals surface area contributed by atoms with Crippen LogP contribution in [0.4, 0.5) is 0 Å². The van der Waals surface area contributed by atoms with Crippen LogP contribution in [0.3, 0.4) is 0 Å². The van der Waals surface area contributed by atoms with Crippen molar-refractivity contribution in [2.45, 2.75) is 111 Å². The van der Waals surface area contributed by atoms with E-state index >= 15 is 0 Å². The van der Waals surface area contributed by atoms with Gasteiger partial charge in [-0.15, -0.1) is 11.3 Å². The summed E-state index contributed by atoms with van der Waals surface area (Å²) in [6.45, 7) is 12.8. The predicted molar refractivity (Wildman–Crippen MR) is 141 cm³/mol. The van der Waals surface area contributed by atoms with E-state index in [0.717, 1.165) is 37.0 Å². The monoisotopic (exact) mass is 540 g/mol. The molecule has 5 N–H and O–H groups in total. The molecule has 1 aliphatic heterocycles. The number of hydrogen-bond acceptors (Lipinski definition) is 10. The molecule has 1 saturated heterocycles. The lowest BCUT2D eigenvalue weighted by Gasteiger charge is -2.33. The van der Waals surface area contributed by atoms with Crippen molar-refractivity contribution in [1.82, 2.24) is 4.98 Å². The number of epoxide rings is 1. The van der Waals surface area contributed by atoms with Gasteiger partial charge in [-0.2, -0.15) is 9.59 Å². The first-order valence-corrected chi connectivity index (χ1v) is 13.6. The van der Waals surface area contributed by atoms with Gasteiger partial charge < -0.3 is 25.8 Å². The fourth-order valence-electron chi connectivity index (χ4n) is 4.42. The summed E-state index contributed by atoms with van der Waals surface area (Å²) < 4.78 is 6.00. The van der Waals surface area contributed by atoms with Gasteiger partial charge in [0.1, 0.15) is 10.8 Å². The molecule has 0 radical (unpaired) electrons. The summed E-state index contributed by atoms with van der Waals surface area (Å²) >= 11 is 1.43. The number of Topliss-reactive ketones (excluding diaryl/α,β-unsaturated/α-hetero) is 1. The Morgan fingerprint density at radius 2 is 1.92 bits per heavy atom. The summed E-state index contributed by atoms with van der Waals surface area (Å²) in [7, 11) is 0. The van der Waals surface area contributed by atoms with Crippen LogP contribution in [0.2, 0.25) is 0 Å². The summed E-state index contributed by atoms with van der Waals surface area (Å²) in [6, 6.07) is -0.129. The minimum absolute atomic E-state index is 0.0288. The van der Waals surface area contributed by atoms with E-state index in [1.807, 2.05) is 25.3 Å². The first kappa shape index (κ1) is 33.2. The highest BCUT2D eigenvalue weighted by atomic mass is 32.1. The van der Waals surface area contributed by atoms with Crippen molar-refractivity contribution >= 4 is 29.3 Å². The molecular formula is C27H44N2O7S. The number of rotatable bonds is 14. The summed E-state index contributed by atoms with van der Waals surface area (Å²) in [5, 5.41) is 32.4. The largest absolute Gasteiger partial charge is 0.392 e. The topological polar surface area (TPSA) is 163 Å². The zero-order valence-corrected chi connectivity index (χ0v) is 23.9. The minimum Gasteiger partial charge on any atom is -0.392 e. The van der Waals surface area contributed by atoms with Gasteiger partial charge in [0.2, 0.25) is 0 Å². The molecule has 10 heteroatoms.